The van der Waals surface area contributed by atoms with Gasteiger partial charge < -0.3 is 40.3 Å². The number of carbonyl (C=O) groups excluding carboxylic acids is 1. The van der Waals surface area contributed by atoms with Crippen LogP contribution >= 0.6 is 0 Å². The lowest BCUT2D eigenvalue weighted by Gasteiger charge is -2.40. The zero-order chi connectivity index (χ0) is 53.6. The summed E-state index contributed by atoms with van der Waals surface area (Å²) in [7, 11) is 0. The van der Waals surface area contributed by atoms with E-state index < -0.39 is 49.5 Å². The average molecular weight is 1040 g/mol. The summed E-state index contributed by atoms with van der Waals surface area (Å²) in [4.78, 5) is 13.0. The van der Waals surface area contributed by atoms with E-state index in [4.69, 9.17) is 9.47 Å². The summed E-state index contributed by atoms with van der Waals surface area (Å²) >= 11 is 0. The van der Waals surface area contributed by atoms with E-state index in [2.05, 4.69) is 104 Å². The van der Waals surface area contributed by atoms with Gasteiger partial charge in [-0.3, -0.25) is 4.79 Å². The van der Waals surface area contributed by atoms with Gasteiger partial charge in [0.1, 0.15) is 24.4 Å². The lowest BCUT2D eigenvalue weighted by molar-refractivity contribution is -0.302. The van der Waals surface area contributed by atoms with Gasteiger partial charge in [-0.1, -0.05) is 259 Å². The van der Waals surface area contributed by atoms with Crippen molar-refractivity contribution < 1.29 is 39.8 Å². The van der Waals surface area contributed by atoms with Crippen molar-refractivity contribution in [3.63, 3.8) is 0 Å². The van der Waals surface area contributed by atoms with Gasteiger partial charge in [0.15, 0.2) is 6.29 Å². The molecule has 0 aromatic rings. The monoisotopic (exact) mass is 1040 g/mol. The predicted molar refractivity (Wildman–Crippen MR) is 313 cm³/mol. The highest BCUT2D eigenvalue weighted by Gasteiger charge is 2.44. The number of aliphatic hydroxyl groups is 5. The van der Waals surface area contributed by atoms with Crippen molar-refractivity contribution in [3.05, 3.63) is 97.2 Å². The van der Waals surface area contributed by atoms with Gasteiger partial charge in [0.25, 0.3) is 0 Å². The van der Waals surface area contributed by atoms with Crippen LogP contribution in [0.3, 0.4) is 0 Å². The second-order valence-electron chi connectivity index (χ2n) is 20.7. The Morgan fingerprint density at radius 2 is 0.811 bits per heavy atom. The van der Waals surface area contributed by atoms with E-state index in [1.807, 2.05) is 6.08 Å². The third-order valence-corrected chi connectivity index (χ3v) is 13.9. The fraction of sp³-hybridized carbons (Fsp3) is 0.738. The first kappa shape index (κ1) is 69.1. The zero-order valence-electron chi connectivity index (χ0n) is 47.3. The van der Waals surface area contributed by atoms with Crippen LogP contribution in [0.15, 0.2) is 97.2 Å². The number of nitrogens with one attached hydrogen (secondary N) is 1. The molecule has 0 aromatic carbocycles. The standard InChI is InChI=1S/C65H113NO8/c1-3-5-7-9-11-13-15-16-17-18-19-20-21-22-23-24-25-26-27-28-29-30-31-32-33-34-35-36-37-38-39-40-41-42-43-44-45-47-49-51-53-55-61(69)66-58(57-73-65-64(72)63(71)62(70)60(56-67)74-65)59(68)54-52-50-48-46-14-12-10-8-6-4-2/h5-8,11,13-14,16-17,19-20,22-23,46,52,54,58-60,62-65,67-68,70-72H,3-4,9-10,12,15,18,21,24-45,47-51,53,55-57H2,1-2H3,(H,66,69)/b7-5-,8-6+,13-11-,17-16-,20-19-,23-22-,46-14+,54-52+. The van der Waals surface area contributed by atoms with E-state index in [-0.39, 0.29) is 12.5 Å². The SMILES string of the molecule is CC/C=C\C/C=C\C/C=C\C/C=C\C/C=C\CCCCCCCCCCCCCCCCCCCCCCCCCCCC(=O)NC(COC1OC(CO)C(O)C(O)C1O)C(O)/C=C/CC/C=C/CC/C=C/CC. The number of unbranched alkanes of at least 4 members (excludes halogenated alkanes) is 27. The first-order chi connectivity index (χ1) is 36.3. The summed E-state index contributed by atoms with van der Waals surface area (Å²) < 4.78 is 11.2. The van der Waals surface area contributed by atoms with Gasteiger partial charge >= 0.3 is 0 Å². The van der Waals surface area contributed by atoms with Crippen LogP contribution in [0.1, 0.15) is 251 Å². The molecule has 9 nitrogen and oxygen atoms in total. The largest absolute Gasteiger partial charge is 0.394 e. The number of hydrogen-bond donors (Lipinski definition) is 6. The molecule has 6 N–H and O–H groups in total. The topological polar surface area (TPSA) is 149 Å². The Bertz CT molecular complexity index is 1480. The first-order valence-electron chi connectivity index (χ1n) is 30.5. The minimum atomic E-state index is -1.58. The number of allylic oxidation sites excluding steroid dienone is 15. The molecule has 1 aliphatic rings. The summed E-state index contributed by atoms with van der Waals surface area (Å²) in [6, 6.07) is -0.828. The Morgan fingerprint density at radius 1 is 0.459 bits per heavy atom. The highest BCUT2D eigenvalue weighted by atomic mass is 16.7. The number of carbonyl (C=O) groups is 1. The smallest absolute Gasteiger partial charge is 0.220 e. The molecule has 0 aliphatic carbocycles. The third kappa shape index (κ3) is 42.2. The van der Waals surface area contributed by atoms with E-state index in [1.165, 1.54) is 148 Å². The van der Waals surface area contributed by atoms with Gasteiger partial charge in [-0.15, -0.1) is 0 Å². The molecule has 1 aliphatic heterocycles. The third-order valence-electron chi connectivity index (χ3n) is 13.9. The molecule has 9 heteroatoms. The predicted octanol–water partition coefficient (Wildman–Crippen LogP) is 15.6. The molecule has 1 rings (SSSR count). The summed E-state index contributed by atoms with van der Waals surface area (Å²) in [5.41, 5.74) is 0. The van der Waals surface area contributed by atoms with E-state index in [1.54, 1.807) is 6.08 Å². The lowest BCUT2D eigenvalue weighted by Crippen LogP contribution is -2.60. The minimum absolute atomic E-state index is 0.192. The van der Waals surface area contributed by atoms with Gasteiger partial charge in [-0.05, 0) is 83.5 Å². The fourth-order valence-electron chi connectivity index (χ4n) is 9.17. The van der Waals surface area contributed by atoms with Crippen LogP contribution in [-0.4, -0.2) is 87.5 Å². The maximum Gasteiger partial charge on any atom is 0.220 e. The van der Waals surface area contributed by atoms with Crippen molar-refractivity contribution in [2.24, 2.45) is 0 Å². The lowest BCUT2D eigenvalue weighted by atomic mass is 9.99. The molecule has 1 fully saturated rings. The summed E-state index contributed by atoms with van der Waals surface area (Å²) in [6.07, 6.45) is 71.1. The highest BCUT2D eigenvalue weighted by Crippen LogP contribution is 2.23. The van der Waals surface area contributed by atoms with Gasteiger partial charge in [0.2, 0.25) is 5.91 Å². The van der Waals surface area contributed by atoms with Crippen LogP contribution in [0.4, 0.5) is 0 Å². The van der Waals surface area contributed by atoms with Crippen molar-refractivity contribution in [3.8, 4) is 0 Å². The molecule has 7 atom stereocenters. The molecule has 0 bridgehead atoms. The van der Waals surface area contributed by atoms with Crippen molar-refractivity contribution in [2.75, 3.05) is 13.2 Å². The number of amides is 1. The van der Waals surface area contributed by atoms with Gasteiger partial charge in [-0.25, -0.2) is 0 Å². The molecule has 1 amide bonds. The van der Waals surface area contributed by atoms with Crippen LogP contribution in [0.25, 0.3) is 0 Å². The molecule has 426 valence electrons. The van der Waals surface area contributed by atoms with E-state index >= 15 is 0 Å². The van der Waals surface area contributed by atoms with Crippen LogP contribution < -0.4 is 5.32 Å². The molecule has 0 aromatic heterocycles. The average Bonchev–Trinajstić information content (AvgIpc) is 3.40. The number of aliphatic hydroxyl groups excluding tert-OH is 5. The van der Waals surface area contributed by atoms with Crippen molar-refractivity contribution in [1.82, 2.24) is 5.32 Å². The molecule has 0 spiro atoms. The Kier molecular flexibility index (Phi) is 50.0. The van der Waals surface area contributed by atoms with Crippen molar-refractivity contribution in [2.45, 2.75) is 294 Å². The van der Waals surface area contributed by atoms with Gasteiger partial charge in [0, 0.05) is 6.42 Å². The number of hydrogen-bond acceptors (Lipinski definition) is 8. The van der Waals surface area contributed by atoms with Gasteiger partial charge in [-0.2, -0.15) is 0 Å². The van der Waals surface area contributed by atoms with Crippen molar-refractivity contribution >= 4 is 5.91 Å². The van der Waals surface area contributed by atoms with E-state index in [0.717, 1.165) is 83.5 Å². The molecular weight excluding hydrogens is 923 g/mol. The highest BCUT2D eigenvalue weighted by molar-refractivity contribution is 5.76. The fourth-order valence-corrected chi connectivity index (χ4v) is 9.17. The first-order valence-corrected chi connectivity index (χ1v) is 30.5. The maximum atomic E-state index is 13.0. The molecule has 74 heavy (non-hydrogen) atoms. The molecule has 1 saturated heterocycles. The zero-order valence-corrected chi connectivity index (χ0v) is 47.3. The number of ether oxygens (including phenoxy) is 2. The minimum Gasteiger partial charge on any atom is -0.394 e. The summed E-state index contributed by atoms with van der Waals surface area (Å²) in [5.74, 6) is -0.192. The quantitative estimate of drug-likeness (QED) is 0.0261. The second-order valence-corrected chi connectivity index (χ2v) is 20.7. The Morgan fingerprint density at radius 3 is 1.24 bits per heavy atom. The van der Waals surface area contributed by atoms with Crippen LogP contribution in [-0.2, 0) is 14.3 Å². The Labute approximate surface area is 453 Å². The number of rotatable bonds is 51. The summed E-state index contributed by atoms with van der Waals surface area (Å²) in [5, 5.41) is 54.2. The molecular formula is C65H113NO8. The normalized spacial score (nSPS) is 19.7. The maximum absolute atomic E-state index is 13.0. The van der Waals surface area contributed by atoms with E-state index in [0.29, 0.717) is 6.42 Å². The van der Waals surface area contributed by atoms with Crippen LogP contribution in [0.5, 0.6) is 0 Å². The Hall–Kier alpha value is -2.89. The summed E-state index contributed by atoms with van der Waals surface area (Å²) in [6.45, 7) is 3.51. The Balaban J connectivity index is 2.00. The second kappa shape index (κ2) is 53.5. The van der Waals surface area contributed by atoms with Crippen LogP contribution in [0, 0.1) is 0 Å². The van der Waals surface area contributed by atoms with Crippen molar-refractivity contribution in [1.29, 1.82) is 0 Å². The van der Waals surface area contributed by atoms with Gasteiger partial charge in [0.05, 0.1) is 25.4 Å². The van der Waals surface area contributed by atoms with Crippen LogP contribution in [0.2, 0.25) is 0 Å². The molecule has 1 heterocycles. The van der Waals surface area contributed by atoms with E-state index in [9.17, 15) is 30.3 Å². The molecule has 0 radical (unpaired) electrons. The molecule has 7 unspecified atom stereocenters. The molecule has 0 saturated carbocycles.